The molecule has 8 nitrogen and oxygen atoms in total. The van der Waals surface area contributed by atoms with Gasteiger partial charge in [-0.25, -0.2) is 26.9 Å². The molecule has 6 rings (SSSR count). The zero-order valence-electron chi connectivity index (χ0n) is 19.2. The highest BCUT2D eigenvalue weighted by Crippen LogP contribution is 2.47. The van der Waals surface area contributed by atoms with E-state index in [0.717, 1.165) is 35.3 Å². The Kier molecular flexibility index (Phi) is 5.62. The van der Waals surface area contributed by atoms with E-state index in [1.54, 1.807) is 28.4 Å². The third-order valence-corrected chi connectivity index (χ3v) is 9.41. The first-order chi connectivity index (χ1) is 17.8. The van der Waals surface area contributed by atoms with Crippen molar-refractivity contribution >= 4 is 33.2 Å². The van der Waals surface area contributed by atoms with Crippen molar-refractivity contribution in [1.82, 2.24) is 24.1 Å². The number of nitrogens with zero attached hydrogens (tertiary/aromatic N) is 5. The summed E-state index contributed by atoms with van der Waals surface area (Å²) in [6.07, 6.45) is 7.60. The van der Waals surface area contributed by atoms with Gasteiger partial charge in [-0.2, -0.15) is 9.40 Å². The van der Waals surface area contributed by atoms with E-state index >= 15 is 0 Å². The molecule has 0 amide bonds. The molecule has 1 aromatic carbocycles. The second-order valence-electron chi connectivity index (χ2n) is 8.97. The predicted octanol–water partition coefficient (Wildman–Crippen LogP) is 3.91. The largest absolute Gasteiger partial charge is 0.290 e. The molecule has 0 N–H and O–H groups in total. The summed E-state index contributed by atoms with van der Waals surface area (Å²) >= 11 is 1.20. The van der Waals surface area contributed by atoms with Gasteiger partial charge in [0.05, 0.1) is 29.2 Å². The van der Waals surface area contributed by atoms with Crippen molar-refractivity contribution in [3.8, 4) is 5.69 Å². The first kappa shape index (κ1) is 23.8. The number of rotatable bonds is 5. The van der Waals surface area contributed by atoms with Crippen molar-refractivity contribution in [3.63, 3.8) is 0 Å². The fourth-order valence-corrected chi connectivity index (χ4v) is 7.18. The number of ketones is 1. The number of hydrogen-bond donors (Lipinski definition) is 0. The summed E-state index contributed by atoms with van der Waals surface area (Å²) in [6.45, 7) is -0.0190. The zero-order chi connectivity index (χ0) is 25.8. The number of carbonyl (C=O) groups excluding carboxylic acids is 1. The van der Waals surface area contributed by atoms with Crippen LogP contribution in [-0.2, 0) is 16.4 Å². The molecule has 1 aliphatic carbocycles. The van der Waals surface area contributed by atoms with Crippen LogP contribution in [0.1, 0.15) is 27.5 Å². The minimum Gasteiger partial charge on any atom is -0.290 e. The summed E-state index contributed by atoms with van der Waals surface area (Å²) in [5.41, 5.74) is 1.75. The second kappa shape index (κ2) is 8.75. The number of carbonyl (C=O) groups is 1. The van der Waals surface area contributed by atoms with Crippen molar-refractivity contribution in [2.45, 2.75) is 17.7 Å². The summed E-state index contributed by atoms with van der Waals surface area (Å²) in [4.78, 5) is 21.6. The minimum absolute atomic E-state index is 0.109. The van der Waals surface area contributed by atoms with E-state index < -0.39 is 21.3 Å². The van der Waals surface area contributed by atoms with Crippen molar-refractivity contribution in [2.24, 2.45) is 5.41 Å². The molecule has 12 heteroatoms. The van der Waals surface area contributed by atoms with Gasteiger partial charge in [0.2, 0.25) is 15.8 Å². The molecule has 2 aliphatic rings. The summed E-state index contributed by atoms with van der Waals surface area (Å²) in [6, 6.07) is 6.85. The number of benzene rings is 1. The number of thiazole rings is 1. The molecule has 1 atom stereocenters. The second-order valence-corrected chi connectivity index (χ2v) is 11.8. The lowest BCUT2D eigenvalue weighted by atomic mass is 9.66. The van der Waals surface area contributed by atoms with E-state index in [4.69, 9.17) is 0 Å². The fraction of sp³-hybridized carbons (Fsp3) is 0.200. The number of pyridine rings is 1. The van der Waals surface area contributed by atoms with Crippen LogP contribution in [0.15, 0.2) is 71.0 Å². The van der Waals surface area contributed by atoms with Crippen molar-refractivity contribution in [3.05, 3.63) is 94.0 Å². The average Bonchev–Trinajstić information content (AvgIpc) is 3.57. The molecular weight excluding hydrogens is 520 g/mol. The number of Topliss-reactive ketones (excluding diaryl/α,β-unsaturated/α-hetero) is 1. The van der Waals surface area contributed by atoms with Gasteiger partial charge in [-0.3, -0.25) is 9.78 Å². The Balaban J connectivity index is 1.44. The molecule has 0 spiro atoms. The van der Waals surface area contributed by atoms with Gasteiger partial charge in [-0.05, 0) is 54.8 Å². The summed E-state index contributed by atoms with van der Waals surface area (Å²) < 4.78 is 57.1. The lowest BCUT2D eigenvalue weighted by molar-refractivity contribution is 0.0775. The van der Waals surface area contributed by atoms with E-state index in [1.807, 2.05) is 6.08 Å². The maximum absolute atomic E-state index is 13.9. The van der Waals surface area contributed by atoms with Gasteiger partial charge in [0, 0.05) is 30.9 Å². The maximum Gasteiger partial charge on any atom is 0.244 e. The first-order valence-electron chi connectivity index (χ1n) is 11.4. The van der Waals surface area contributed by atoms with Crippen LogP contribution in [-0.4, -0.2) is 51.3 Å². The van der Waals surface area contributed by atoms with Crippen LogP contribution in [0.25, 0.3) is 11.8 Å². The van der Waals surface area contributed by atoms with Crippen molar-refractivity contribution in [2.75, 3.05) is 13.1 Å². The van der Waals surface area contributed by atoms with E-state index in [2.05, 4.69) is 15.1 Å². The first-order valence-corrected chi connectivity index (χ1v) is 13.7. The van der Waals surface area contributed by atoms with Gasteiger partial charge in [0.1, 0.15) is 16.5 Å². The zero-order valence-corrected chi connectivity index (χ0v) is 20.8. The molecule has 37 heavy (non-hydrogen) atoms. The quantitative estimate of drug-likeness (QED) is 0.357. The molecular formula is C25H19F2N5O3S2. The highest BCUT2D eigenvalue weighted by Gasteiger charge is 2.51. The van der Waals surface area contributed by atoms with Gasteiger partial charge in [0.25, 0.3) is 0 Å². The van der Waals surface area contributed by atoms with E-state index in [9.17, 15) is 22.0 Å². The van der Waals surface area contributed by atoms with E-state index in [1.165, 1.54) is 34.0 Å². The Labute approximate surface area is 215 Å². The highest BCUT2D eigenvalue weighted by molar-refractivity contribution is 7.89. The standard InChI is InChI=1S/C25H19F2N5O3S2/c26-18-1-3-20(4-2-18)32-22-9-17-5-7-31(37(34,35)21-10-19(27)13-28-14-21)15-25(17,11-16(22)12-30-32)23(33)24-29-6-8-36-24/h1-4,6,8-10,12-14H,5,7,11,15H2. The van der Waals surface area contributed by atoms with Crippen LogP contribution in [0, 0.1) is 17.0 Å². The molecule has 4 aromatic rings. The molecule has 0 radical (unpaired) electrons. The van der Waals surface area contributed by atoms with Crippen molar-refractivity contribution < 1.29 is 22.0 Å². The Hall–Kier alpha value is -3.61. The lowest BCUT2D eigenvalue weighted by Gasteiger charge is -2.44. The average molecular weight is 540 g/mol. The topological polar surface area (TPSA) is 98.0 Å². The minimum atomic E-state index is -4.12. The molecule has 1 fully saturated rings. The number of hydrogen-bond acceptors (Lipinski definition) is 7. The highest BCUT2D eigenvalue weighted by atomic mass is 32.2. The fourth-order valence-electron chi connectivity index (χ4n) is 5.03. The Morgan fingerprint density at radius 2 is 1.89 bits per heavy atom. The Bertz CT molecular complexity index is 1650. The molecule has 1 aliphatic heterocycles. The molecule has 188 valence electrons. The molecule has 1 saturated heterocycles. The molecule has 0 bridgehead atoms. The smallest absolute Gasteiger partial charge is 0.244 e. The molecule has 1 unspecified atom stereocenters. The predicted molar refractivity (Wildman–Crippen MR) is 132 cm³/mol. The number of halogens is 2. The maximum atomic E-state index is 13.9. The molecule has 4 heterocycles. The SMILES string of the molecule is O=C(c1nccs1)C12Cc3cnn(-c4ccc(F)cc4)c3C=C1CCN(S(=O)(=O)c1cncc(F)c1)C2. The monoisotopic (exact) mass is 539 g/mol. The Morgan fingerprint density at radius 3 is 2.62 bits per heavy atom. The normalized spacial score (nSPS) is 19.7. The van der Waals surface area contributed by atoms with Crippen LogP contribution in [0.5, 0.6) is 0 Å². The lowest BCUT2D eigenvalue weighted by Crippen LogP contribution is -2.53. The summed E-state index contributed by atoms with van der Waals surface area (Å²) in [7, 11) is -4.12. The van der Waals surface area contributed by atoms with E-state index in [-0.39, 0.29) is 47.4 Å². The van der Waals surface area contributed by atoms with Crippen LogP contribution in [0.2, 0.25) is 0 Å². The van der Waals surface area contributed by atoms with Gasteiger partial charge >= 0.3 is 0 Å². The number of piperidine rings is 1. The summed E-state index contributed by atoms with van der Waals surface area (Å²) in [5.74, 6) is -1.40. The number of aromatic nitrogens is 4. The number of sulfonamides is 1. The van der Waals surface area contributed by atoms with Crippen LogP contribution >= 0.6 is 11.3 Å². The van der Waals surface area contributed by atoms with E-state index in [0.29, 0.717) is 5.69 Å². The van der Waals surface area contributed by atoms with Gasteiger partial charge < -0.3 is 0 Å². The number of fused-ring (bicyclic) bond motifs is 2. The molecule has 0 saturated carbocycles. The van der Waals surface area contributed by atoms with Gasteiger partial charge in [0.15, 0.2) is 5.01 Å². The Morgan fingerprint density at radius 1 is 1.08 bits per heavy atom. The van der Waals surface area contributed by atoms with Crippen molar-refractivity contribution in [1.29, 1.82) is 0 Å². The summed E-state index contributed by atoms with van der Waals surface area (Å²) in [5, 5.41) is 6.46. The van der Waals surface area contributed by atoms with Crippen LogP contribution < -0.4 is 0 Å². The molecule has 3 aromatic heterocycles. The third kappa shape index (κ3) is 3.92. The van der Waals surface area contributed by atoms with Gasteiger partial charge in [-0.15, -0.1) is 11.3 Å². The van der Waals surface area contributed by atoms with Gasteiger partial charge in [-0.1, -0.05) is 5.57 Å². The van der Waals surface area contributed by atoms with Crippen LogP contribution in [0.4, 0.5) is 8.78 Å². The third-order valence-electron chi connectivity index (χ3n) is 6.83. The van der Waals surface area contributed by atoms with Crippen LogP contribution in [0.3, 0.4) is 0 Å².